The molecule has 1 saturated heterocycles. The minimum atomic E-state index is 0.0823. The molecule has 1 aliphatic heterocycles. The molecule has 0 aromatic heterocycles. The minimum Gasteiger partial charge on any atom is -0.353 e. The van der Waals surface area contributed by atoms with Gasteiger partial charge in [0.25, 0.3) is 5.91 Å². The van der Waals surface area contributed by atoms with Gasteiger partial charge in [0.05, 0.1) is 0 Å². The molecule has 0 unspecified atom stereocenters. The van der Waals surface area contributed by atoms with Gasteiger partial charge in [-0.15, -0.1) is 0 Å². The first-order valence-corrected chi connectivity index (χ1v) is 9.31. The van der Waals surface area contributed by atoms with Crippen molar-refractivity contribution >= 4 is 11.8 Å². The van der Waals surface area contributed by atoms with Crippen LogP contribution in [0.3, 0.4) is 0 Å². The third kappa shape index (κ3) is 4.94. The van der Waals surface area contributed by atoms with Crippen molar-refractivity contribution in [3.63, 3.8) is 0 Å². The molecule has 1 N–H and O–H groups in total. The van der Waals surface area contributed by atoms with Gasteiger partial charge >= 0.3 is 0 Å². The summed E-state index contributed by atoms with van der Waals surface area (Å²) in [6.45, 7) is 3.40. The first kappa shape index (κ1) is 18.2. The number of hydrogen-bond acceptors (Lipinski definition) is 2. The molecule has 136 valence electrons. The van der Waals surface area contributed by atoms with Crippen LogP contribution < -0.4 is 5.32 Å². The van der Waals surface area contributed by atoms with E-state index in [1.54, 1.807) is 0 Å². The molecule has 0 bridgehead atoms. The van der Waals surface area contributed by atoms with Gasteiger partial charge in [-0.2, -0.15) is 0 Å². The van der Waals surface area contributed by atoms with Crippen molar-refractivity contribution in [3.05, 3.63) is 71.3 Å². The molecule has 2 amide bonds. The van der Waals surface area contributed by atoms with Gasteiger partial charge in [-0.05, 0) is 43.9 Å². The van der Waals surface area contributed by atoms with Crippen LogP contribution in [0.4, 0.5) is 0 Å². The van der Waals surface area contributed by atoms with E-state index in [4.69, 9.17) is 0 Å². The standard InChI is InChI=1S/C22H26N2O2/c1-17-7-10-19(11-8-17)22(26)24-15-13-20(14-16-24)23-21(25)12-9-18-5-3-2-4-6-18/h2-8,10-11,20H,9,12-16H2,1H3,(H,23,25). The number of hydrogen-bond donors (Lipinski definition) is 1. The Morgan fingerprint density at radius 1 is 1.00 bits per heavy atom. The Balaban J connectivity index is 1.42. The zero-order chi connectivity index (χ0) is 18.4. The Kier molecular flexibility index (Phi) is 6.05. The molecule has 4 heteroatoms. The van der Waals surface area contributed by atoms with Crippen molar-refractivity contribution in [1.82, 2.24) is 10.2 Å². The number of piperidine rings is 1. The lowest BCUT2D eigenvalue weighted by Gasteiger charge is -2.32. The van der Waals surface area contributed by atoms with Gasteiger partial charge in [-0.3, -0.25) is 9.59 Å². The molecule has 0 aliphatic carbocycles. The Morgan fingerprint density at radius 3 is 2.31 bits per heavy atom. The Bertz CT molecular complexity index is 732. The van der Waals surface area contributed by atoms with Crippen LogP contribution in [0, 0.1) is 6.92 Å². The summed E-state index contributed by atoms with van der Waals surface area (Å²) in [5, 5.41) is 3.12. The summed E-state index contributed by atoms with van der Waals surface area (Å²) in [5.74, 6) is 0.177. The van der Waals surface area contributed by atoms with Crippen molar-refractivity contribution in [3.8, 4) is 0 Å². The minimum absolute atomic E-state index is 0.0823. The summed E-state index contributed by atoms with van der Waals surface area (Å²) in [7, 11) is 0. The number of carbonyl (C=O) groups is 2. The van der Waals surface area contributed by atoms with Crippen LogP contribution in [0.15, 0.2) is 54.6 Å². The number of benzene rings is 2. The monoisotopic (exact) mass is 350 g/mol. The number of carbonyl (C=O) groups excluding carboxylic acids is 2. The zero-order valence-corrected chi connectivity index (χ0v) is 15.3. The average molecular weight is 350 g/mol. The zero-order valence-electron chi connectivity index (χ0n) is 15.3. The van der Waals surface area contributed by atoms with Gasteiger partial charge in [0.1, 0.15) is 0 Å². The predicted molar refractivity (Wildman–Crippen MR) is 103 cm³/mol. The lowest BCUT2D eigenvalue weighted by molar-refractivity contribution is -0.122. The largest absolute Gasteiger partial charge is 0.353 e. The van der Waals surface area contributed by atoms with Crippen LogP contribution in [0.5, 0.6) is 0 Å². The Morgan fingerprint density at radius 2 is 1.65 bits per heavy atom. The van der Waals surface area contributed by atoms with Crippen LogP contribution >= 0.6 is 0 Å². The average Bonchev–Trinajstić information content (AvgIpc) is 2.68. The lowest BCUT2D eigenvalue weighted by atomic mass is 10.0. The van der Waals surface area contributed by atoms with Crippen LogP contribution in [-0.4, -0.2) is 35.8 Å². The molecule has 1 aliphatic rings. The fourth-order valence-electron chi connectivity index (χ4n) is 3.31. The number of likely N-dealkylation sites (tertiary alicyclic amines) is 1. The second-order valence-electron chi connectivity index (χ2n) is 6.99. The highest BCUT2D eigenvalue weighted by Crippen LogP contribution is 2.15. The van der Waals surface area contributed by atoms with E-state index in [2.05, 4.69) is 5.32 Å². The third-order valence-corrected chi connectivity index (χ3v) is 4.93. The maximum Gasteiger partial charge on any atom is 0.253 e. The van der Waals surface area contributed by atoms with E-state index in [0.717, 1.165) is 30.4 Å². The molecular formula is C22H26N2O2. The second kappa shape index (κ2) is 8.65. The number of rotatable bonds is 5. The van der Waals surface area contributed by atoms with Crippen molar-refractivity contribution in [2.75, 3.05) is 13.1 Å². The van der Waals surface area contributed by atoms with Gasteiger partial charge in [0, 0.05) is 31.1 Å². The highest BCUT2D eigenvalue weighted by atomic mass is 16.2. The lowest BCUT2D eigenvalue weighted by Crippen LogP contribution is -2.46. The Hall–Kier alpha value is -2.62. The summed E-state index contributed by atoms with van der Waals surface area (Å²) in [6, 6.07) is 17.9. The van der Waals surface area contributed by atoms with E-state index in [1.807, 2.05) is 66.4 Å². The molecule has 1 fully saturated rings. The highest BCUT2D eigenvalue weighted by molar-refractivity contribution is 5.94. The van der Waals surface area contributed by atoms with Gasteiger partial charge in [0.15, 0.2) is 0 Å². The van der Waals surface area contributed by atoms with Crippen LogP contribution in [-0.2, 0) is 11.2 Å². The highest BCUT2D eigenvalue weighted by Gasteiger charge is 2.24. The van der Waals surface area contributed by atoms with Crippen LogP contribution in [0.2, 0.25) is 0 Å². The molecule has 0 saturated carbocycles. The van der Waals surface area contributed by atoms with E-state index < -0.39 is 0 Å². The quantitative estimate of drug-likeness (QED) is 0.899. The smallest absolute Gasteiger partial charge is 0.253 e. The van der Waals surface area contributed by atoms with Crippen molar-refractivity contribution in [2.45, 2.75) is 38.6 Å². The number of aryl methyl sites for hydroxylation is 2. The van der Waals surface area contributed by atoms with Gasteiger partial charge < -0.3 is 10.2 Å². The molecule has 4 nitrogen and oxygen atoms in total. The molecule has 0 radical (unpaired) electrons. The first-order valence-electron chi connectivity index (χ1n) is 9.31. The van der Waals surface area contributed by atoms with Crippen molar-refractivity contribution < 1.29 is 9.59 Å². The summed E-state index contributed by atoms with van der Waals surface area (Å²) in [6.07, 6.45) is 2.90. The fourth-order valence-corrected chi connectivity index (χ4v) is 3.31. The van der Waals surface area contributed by atoms with Gasteiger partial charge in [-0.1, -0.05) is 48.0 Å². The molecule has 3 rings (SSSR count). The van der Waals surface area contributed by atoms with Gasteiger partial charge in [0.2, 0.25) is 5.91 Å². The maximum atomic E-state index is 12.5. The number of nitrogens with zero attached hydrogens (tertiary/aromatic N) is 1. The fraction of sp³-hybridized carbons (Fsp3) is 0.364. The SMILES string of the molecule is Cc1ccc(C(=O)N2CCC(NC(=O)CCc3ccccc3)CC2)cc1. The predicted octanol–water partition coefficient (Wildman–Crippen LogP) is 3.35. The topological polar surface area (TPSA) is 49.4 Å². The summed E-state index contributed by atoms with van der Waals surface area (Å²) >= 11 is 0. The normalized spacial score (nSPS) is 14.9. The summed E-state index contributed by atoms with van der Waals surface area (Å²) < 4.78 is 0. The summed E-state index contributed by atoms with van der Waals surface area (Å²) in [4.78, 5) is 26.6. The van der Waals surface area contributed by atoms with E-state index in [1.165, 1.54) is 5.56 Å². The van der Waals surface area contributed by atoms with Crippen LogP contribution in [0.25, 0.3) is 0 Å². The number of nitrogens with one attached hydrogen (secondary N) is 1. The maximum absolute atomic E-state index is 12.5. The number of amides is 2. The van der Waals surface area contributed by atoms with Crippen LogP contribution in [0.1, 0.15) is 40.7 Å². The molecule has 0 spiro atoms. The third-order valence-electron chi connectivity index (χ3n) is 4.93. The van der Waals surface area contributed by atoms with Crippen molar-refractivity contribution in [1.29, 1.82) is 0 Å². The van der Waals surface area contributed by atoms with E-state index in [-0.39, 0.29) is 17.9 Å². The summed E-state index contributed by atoms with van der Waals surface area (Å²) in [5.41, 5.74) is 3.07. The van der Waals surface area contributed by atoms with E-state index in [0.29, 0.717) is 19.5 Å². The molecular weight excluding hydrogens is 324 g/mol. The van der Waals surface area contributed by atoms with E-state index >= 15 is 0 Å². The van der Waals surface area contributed by atoms with Crippen molar-refractivity contribution in [2.24, 2.45) is 0 Å². The second-order valence-corrected chi connectivity index (χ2v) is 6.99. The first-order chi connectivity index (χ1) is 12.6. The molecule has 2 aromatic carbocycles. The molecule has 1 heterocycles. The molecule has 0 atom stereocenters. The molecule has 2 aromatic rings. The van der Waals surface area contributed by atoms with Gasteiger partial charge in [-0.25, -0.2) is 0 Å². The Labute approximate surface area is 155 Å². The van der Waals surface area contributed by atoms with E-state index in [9.17, 15) is 9.59 Å². The molecule has 26 heavy (non-hydrogen) atoms.